The first-order chi connectivity index (χ1) is 50.0. The molecular weight excluding hydrogens is 1270 g/mol. The monoisotopic (exact) mass is 1360 g/mol. The summed E-state index contributed by atoms with van der Waals surface area (Å²) in [5, 5.41) is 0. The van der Waals surface area contributed by atoms with Gasteiger partial charge in [0.2, 0.25) is 0 Å². The summed E-state index contributed by atoms with van der Waals surface area (Å²) in [6, 6.07) is 97.6. The minimum Gasteiger partial charge on any atom is -0.458 e. The van der Waals surface area contributed by atoms with Crippen LogP contribution in [0.15, 0.2) is 255 Å². The highest BCUT2D eigenvalue weighted by molar-refractivity contribution is 7.29. The van der Waals surface area contributed by atoms with Crippen molar-refractivity contribution in [3.63, 3.8) is 0 Å². The fourth-order valence-corrected chi connectivity index (χ4v) is 21.6. The Morgan fingerprint density at radius 3 is 1.28 bits per heavy atom. The lowest BCUT2D eigenvalue weighted by atomic mass is 9.31. The van der Waals surface area contributed by atoms with Crippen LogP contribution >= 0.6 is 11.3 Å². The molecule has 0 atom stereocenters. The van der Waals surface area contributed by atoms with Crippen molar-refractivity contribution in [2.24, 2.45) is 5.92 Å². The van der Waals surface area contributed by atoms with Gasteiger partial charge in [-0.15, -0.1) is 0 Å². The normalized spacial score (nSPS) is 19.7. The molecular formula is C94H87B2N5OS. The highest BCUT2D eigenvalue weighted by Crippen LogP contribution is 2.58. The Kier molecular flexibility index (Phi) is 14.0. The number of ether oxygens (including phenoxy) is 1. The molecule has 0 amide bonds. The van der Waals surface area contributed by atoms with Gasteiger partial charge in [-0.05, 0) is 257 Å². The standard InChI is InChI=1S/C94H87B2N5OS/c1-90(2)48-50-92(5,6)73-52-67(38-40-71(73)90)97(62-26-14-9-15-27-62)69-54-80-87-81(55-69)101(66-34-22-13-23-35-66)83-60-86(94-45-42-61(43-46-94)44-47-94)103-89(83)96(87)76-58-77-84(59-79(76)100(80)65-32-20-12-21-33-65)102-85-57-70(56-82-88(85)95(77)75-36-24-25-37-78(75)99(82)64-30-18-11-19-31-64)98(63-28-16-10-17-29-63)68-39-41-72-74(53-68)93(7,8)51-49-91(72,3)4/h9-41,52-61H,42-51H2,1-8H3. The lowest BCUT2D eigenvalue weighted by Crippen LogP contribution is -2.64. The summed E-state index contributed by atoms with van der Waals surface area (Å²) in [5.74, 6) is 2.60. The van der Waals surface area contributed by atoms with E-state index in [9.17, 15) is 0 Å². The first kappa shape index (κ1) is 62.8. The Labute approximate surface area is 613 Å². The molecule has 12 aromatic rings. The van der Waals surface area contributed by atoms with Crippen LogP contribution in [-0.4, -0.2) is 13.4 Å². The number of rotatable bonds is 10. The largest absolute Gasteiger partial charge is 0.458 e. The summed E-state index contributed by atoms with van der Waals surface area (Å²) in [6.07, 6.45) is 12.3. The molecule has 0 spiro atoms. The summed E-state index contributed by atoms with van der Waals surface area (Å²) < 4.78 is 9.43. The van der Waals surface area contributed by atoms with Gasteiger partial charge in [0, 0.05) is 95.5 Å². The molecule has 0 N–H and O–H groups in total. The summed E-state index contributed by atoms with van der Waals surface area (Å²) in [6.45, 7) is 19.3. The molecule has 6 nitrogen and oxygen atoms in total. The fourth-order valence-electron chi connectivity index (χ4n) is 20.1. The number of fused-ring (bicyclic) bond motifs is 13. The first-order valence-electron chi connectivity index (χ1n) is 38.0. The van der Waals surface area contributed by atoms with Crippen LogP contribution in [0.25, 0.3) is 0 Å². The molecule has 0 unspecified atom stereocenters. The second-order valence-electron chi connectivity index (χ2n) is 33.7. The summed E-state index contributed by atoms with van der Waals surface area (Å²) in [5.41, 5.74) is 29.5. The van der Waals surface area contributed by atoms with Crippen molar-refractivity contribution in [2.45, 2.75) is 147 Å². The quantitative estimate of drug-likeness (QED) is 0.127. The van der Waals surface area contributed by atoms with Gasteiger partial charge in [0.05, 0.1) is 17.1 Å². The molecule has 1 aromatic heterocycles. The average molecular weight is 1360 g/mol. The van der Waals surface area contributed by atoms with E-state index in [1.807, 2.05) is 0 Å². The minimum absolute atomic E-state index is 0.00396. The Balaban J connectivity index is 0.857. The number of hydrogen-bond donors (Lipinski definition) is 0. The van der Waals surface area contributed by atoms with Gasteiger partial charge in [-0.2, -0.15) is 11.3 Å². The molecule has 9 heteroatoms. The minimum atomic E-state index is -0.166. The molecule has 506 valence electrons. The van der Waals surface area contributed by atoms with Gasteiger partial charge in [-0.25, -0.2) is 0 Å². The van der Waals surface area contributed by atoms with E-state index in [4.69, 9.17) is 4.74 Å². The van der Waals surface area contributed by atoms with Gasteiger partial charge in [0.15, 0.2) is 0 Å². The maximum atomic E-state index is 8.00. The fraction of sp³-hybridized carbons (Fsp3) is 0.255. The molecule has 21 rings (SSSR count). The van der Waals surface area contributed by atoms with Crippen LogP contribution < -0.4 is 61.3 Å². The highest BCUT2D eigenvalue weighted by Gasteiger charge is 2.52. The number of para-hydroxylation sites is 6. The number of thiophene rings is 1. The molecule has 4 aliphatic heterocycles. The summed E-state index contributed by atoms with van der Waals surface area (Å²) in [4.78, 5) is 14.4. The molecule has 9 aliphatic rings. The van der Waals surface area contributed by atoms with E-state index in [0.29, 0.717) is 0 Å². The van der Waals surface area contributed by atoms with Crippen LogP contribution in [0.5, 0.6) is 11.5 Å². The highest BCUT2D eigenvalue weighted by atomic mass is 32.1. The van der Waals surface area contributed by atoms with Gasteiger partial charge in [-0.1, -0.05) is 183 Å². The number of benzene rings is 11. The molecule has 3 fully saturated rings. The maximum absolute atomic E-state index is 8.00. The van der Waals surface area contributed by atoms with E-state index < -0.39 is 0 Å². The van der Waals surface area contributed by atoms with E-state index in [2.05, 4.69) is 346 Å². The third kappa shape index (κ3) is 9.72. The Hall–Kier alpha value is -9.95. The lowest BCUT2D eigenvalue weighted by molar-refractivity contribution is 0.139. The predicted octanol–water partition coefficient (Wildman–Crippen LogP) is 22.1. The topological polar surface area (TPSA) is 25.4 Å². The van der Waals surface area contributed by atoms with Crippen molar-refractivity contribution in [3.8, 4) is 11.5 Å². The third-order valence-electron chi connectivity index (χ3n) is 25.9. The third-order valence-corrected chi connectivity index (χ3v) is 27.3. The van der Waals surface area contributed by atoms with E-state index >= 15 is 0 Å². The average Bonchev–Trinajstić information content (AvgIpc) is 1.66. The Bertz CT molecular complexity index is 5380. The molecule has 5 aliphatic carbocycles. The van der Waals surface area contributed by atoms with Crippen LogP contribution in [0.2, 0.25) is 0 Å². The van der Waals surface area contributed by atoms with Crippen LogP contribution in [0.1, 0.15) is 147 Å². The smallest absolute Gasteiger partial charge is 0.264 e. The van der Waals surface area contributed by atoms with E-state index in [-0.39, 0.29) is 40.5 Å². The van der Waals surface area contributed by atoms with Crippen LogP contribution in [-0.2, 0) is 27.1 Å². The molecule has 11 aromatic carbocycles. The molecule has 103 heavy (non-hydrogen) atoms. The molecule has 2 bridgehead atoms. The predicted molar refractivity (Wildman–Crippen MR) is 437 cm³/mol. The van der Waals surface area contributed by atoms with Gasteiger partial charge in [-0.3, -0.25) is 0 Å². The number of hydrogen-bond acceptors (Lipinski definition) is 7. The van der Waals surface area contributed by atoms with Crippen molar-refractivity contribution in [1.29, 1.82) is 0 Å². The van der Waals surface area contributed by atoms with Crippen LogP contribution in [0, 0.1) is 5.92 Å². The van der Waals surface area contributed by atoms with Crippen molar-refractivity contribution in [2.75, 3.05) is 24.5 Å². The second-order valence-corrected chi connectivity index (χ2v) is 34.8. The molecule has 0 radical (unpaired) electrons. The maximum Gasteiger partial charge on any atom is 0.264 e. The molecule has 3 saturated carbocycles. The van der Waals surface area contributed by atoms with Gasteiger partial charge in [0.25, 0.3) is 13.4 Å². The van der Waals surface area contributed by atoms with Crippen LogP contribution in [0.3, 0.4) is 0 Å². The second kappa shape index (κ2) is 23.0. The lowest BCUT2D eigenvalue weighted by Gasteiger charge is -2.46. The Morgan fingerprint density at radius 2 is 0.767 bits per heavy atom. The van der Waals surface area contributed by atoms with Gasteiger partial charge < -0.3 is 29.2 Å². The Morgan fingerprint density at radius 1 is 0.330 bits per heavy atom. The van der Waals surface area contributed by atoms with Gasteiger partial charge >= 0.3 is 0 Å². The van der Waals surface area contributed by atoms with E-state index in [1.54, 1.807) is 4.88 Å². The zero-order chi connectivity index (χ0) is 69.5. The molecule has 0 saturated heterocycles. The number of nitrogens with zero attached hydrogens (tertiary/aromatic N) is 5. The zero-order valence-electron chi connectivity index (χ0n) is 60.6. The van der Waals surface area contributed by atoms with Crippen molar-refractivity contribution in [3.05, 3.63) is 282 Å². The van der Waals surface area contributed by atoms with Crippen molar-refractivity contribution in [1.82, 2.24) is 0 Å². The SMILES string of the molecule is CC1(C)CCC(C)(C)c2cc(N(c3ccccc3)c3cc4c5c(c3)N(c3ccccc3)c3ccccc3B5c3cc5c(cc3O4)N(c3ccccc3)c3cc(N(c4ccccc4)c4ccc6c(c4)C(C)(C)CCC6(C)C)cc4c3B5c3sc(C56CCC(CC5)CC6)cc3N4c3ccccc3)ccc21. The van der Waals surface area contributed by atoms with E-state index in [1.165, 1.54) is 121 Å². The van der Waals surface area contributed by atoms with Crippen molar-refractivity contribution < 1.29 is 4.74 Å². The summed E-state index contributed by atoms with van der Waals surface area (Å²) in [7, 11) is 0. The van der Waals surface area contributed by atoms with Crippen molar-refractivity contribution >= 4 is 142 Å². The molecule has 5 heterocycles. The number of anilines is 15. The van der Waals surface area contributed by atoms with Crippen LogP contribution in [0.4, 0.5) is 85.3 Å². The van der Waals surface area contributed by atoms with E-state index in [0.717, 1.165) is 100.0 Å². The summed E-state index contributed by atoms with van der Waals surface area (Å²) >= 11 is 2.13. The zero-order valence-corrected chi connectivity index (χ0v) is 61.4. The first-order valence-corrected chi connectivity index (χ1v) is 38.8. The van der Waals surface area contributed by atoms with Gasteiger partial charge in [0.1, 0.15) is 11.5 Å².